The number of nitriles is 1. The SMILES string of the molecule is N#Cc1cc(C(=O)O)c(F)nc1C(F)F. The molecule has 1 aromatic heterocycles. The third kappa shape index (κ3) is 2.04. The number of hydrogen-bond acceptors (Lipinski definition) is 3. The number of carboxylic acid groups (broad SMARTS) is 1. The van der Waals surface area contributed by atoms with E-state index in [-0.39, 0.29) is 0 Å². The number of aromatic nitrogens is 1. The molecule has 0 radical (unpaired) electrons. The van der Waals surface area contributed by atoms with Gasteiger partial charge in [0, 0.05) is 0 Å². The van der Waals surface area contributed by atoms with Gasteiger partial charge in [-0.15, -0.1) is 0 Å². The van der Waals surface area contributed by atoms with Crippen molar-refractivity contribution in [3.8, 4) is 6.07 Å². The average Bonchev–Trinajstić information content (AvgIpc) is 2.16. The Kier molecular flexibility index (Phi) is 2.90. The maximum atomic E-state index is 12.8. The van der Waals surface area contributed by atoms with Crippen LogP contribution in [0.2, 0.25) is 0 Å². The first-order valence-corrected chi connectivity index (χ1v) is 3.59. The van der Waals surface area contributed by atoms with Crippen molar-refractivity contribution < 1.29 is 23.1 Å². The Hall–Kier alpha value is -2.10. The van der Waals surface area contributed by atoms with E-state index in [1.54, 1.807) is 0 Å². The van der Waals surface area contributed by atoms with Gasteiger partial charge in [-0.05, 0) is 6.07 Å². The lowest BCUT2D eigenvalue weighted by Crippen LogP contribution is -2.07. The summed E-state index contributed by atoms with van der Waals surface area (Å²) >= 11 is 0. The minimum atomic E-state index is -3.13. The van der Waals surface area contributed by atoms with E-state index < -0.39 is 35.2 Å². The summed E-state index contributed by atoms with van der Waals surface area (Å²) in [5.74, 6) is -3.20. The summed E-state index contributed by atoms with van der Waals surface area (Å²) in [7, 11) is 0. The number of carbonyl (C=O) groups is 1. The lowest BCUT2D eigenvalue weighted by atomic mass is 10.1. The third-order valence-corrected chi connectivity index (χ3v) is 1.56. The Morgan fingerprint density at radius 2 is 2.20 bits per heavy atom. The van der Waals surface area contributed by atoms with Gasteiger partial charge < -0.3 is 5.11 Å². The van der Waals surface area contributed by atoms with Crippen LogP contribution in [0.15, 0.2) is 6.07 Å². The van der Waals surface area contributed by atoms with E-state index in [1.165, 1.54) is 6.07 Å². The highest BCUT2D eigenvalue weighted by Gasteiger charge is 2.21. The summed E-state index contributed by atoms with van der Waals surface area (Å²) in [6.45, 7) is 0. The molecule has 1 aromatic rings. The molecule has 78 valence electrons. The second-order valence-electron chi connectivity index (χ2n) is 2.48. The van der Waals surface area contributed by atoms with Crippen molar-refractivity contribution >= 4 is 5.97 Å². The molecule has 0 fully saturated rings. The van der Waals surface area contributed by atoms with E-state index in [4.69, 9.17) is 10.4 Å². The molecular formula is C8H3F3N2O2. The Balaban J connectivity index is 3.44. The standard InChI is InChI=1S/C8H3F3N2O2/c9-6(10)5-3(2-12)1-4(8(14)15)7(11)13-5/h1,6H,(H,14,15). The van der Waals surface area contributed by atoms with E-state index >= 15 is 0 Å². The molecule has 0 aromatic carbocycles. The van der Waals surface area contributed by atoms with Crippen LogP contribution in [0.4, 0.5) is 13.2 Å². The number of pyridine rings is 1. The van der Waals surface area contributed by atoms with Crippen LogP contribution >= 0.6 is 0 Å². The number of halogens is 3. The smallest absolute Gasteiger partial charge is 0.340 e. The van der Waals surface area contributed by atoms with Crippen molar-refractivity contribution in [3.63, 3.8) is 0 Å². The molecule has 7 heteroatoms. The summed E-state index contributed by atoms with van der Waals surface area (Å²) in [5, 5.41) is 16.9. The molecule has 0 spiro atoms. The normalized spacial score (nSPS) is 10.1. The zero-order chi connectivity index (χ0) is 11.6. The minimum absolute atomic E-state index is 0.534. The number of rotatable bonds is 2. The molecule has 0 aliphatic heterocycles. The molecule has 0 aliphatic carbocycles. The van der Waals surface area contributed by atoms with Crippen LogP contribution in [0.5, 0.6) is 0 Å². The second-order valence-corrected chi connectivity index (χ2v) is 2.48. The molecule has 0 bridgehead atoms. The topological polar surface area (TPSA) is 74.0 Å². The van der Waals surface area contributed by atoms with Crippen molar-refractivity contribution in [3.05, 3.63) is 28.8 Å². The van der Waals surface area contributed by atoms with E-state index in [0.29, 0.717) is 6.07 Å². The fraction of sp³-hybridized carbons (Fsp3) is 0.125. The van der Waals surface area contributed by atoms with Crippen molar-refractivity contribution in [1.82, 2.24) is 4.98 Å². The first kappa shape index (κ1) is 11.0. The summed E-state index contributed by atoms with van der Waals surface area (Å²) in [6, 6.07) is 1.86. The van der Waals surface area contributed by atoms with Gasteiger partial charge in [-0.25, -0.2) is 18.6 Å². The minimum Gasteiger partial charge on any atom is -0.478 e. The predicted octanol–water partition coefficient (Wildman–Crippen LogP) is 1.73. The fourth-order valence-electron chi connectivity index (χ4n) is 0.910. The number of aromatic carboxylic acids is 1. The number of hydrogen-bond donors (Lipinski definition) is 1. The lowest BCUT2D eigenvalue weighted by molar-refractivity contribution is 0.0689. The highest BCUT2D eigenvalue weighted by atomic mass is 19.3. The van der Waals surface area contributed by atoms with Crippen LogP contribution < -0.4 is 0 Å². The van der Waals surface area contributed by atoms with Crippen molar-refractivity contribution in [2.75, 3.05) is 0 Å². The van der Waals surface area contributed by atoms with Gasteiger partial charge in [0.15, 0.2) is 0 Å². The zero-order valence-corrected chi connectivity index (χ0v) is 7.04. The molecule has 0 unspecified atom stereocenters. The molecule has 0 saturated heterocycles. The largest absolute Gasteiger partial charge is 0.478 e. The Labute approximate surface area is 81.6 Å². The van der Waals surface area contributed by atoms with E-state index in [1.807, 2.05) is 0 Å². The number of nitrogens with zero attached hydrogens (tertiary/aromatic N) is 2. The number of carboxylic acids is 1. The van der Waals surface area contributed by atoms with Gasteiger partial charge in [0.25, 0.3) is 6.43 Å². The van der Waals surface area contributed by atoms with Crippen LogP contribution in [-0.2, 0) is 0 Å². The first-order valence-electron chi connectivity index (χ1n) is 3.59. The zero-order valence-electron chi connectivity index (χ0n) is 7.04. The molecule has 0 amide bonds. The summed E-state index contributed by atoms with van der Waals surface area (Å²) in [5.41, 5.74) is -2.61. The molecule has 1 N–H and O–H groups in total. The van der Waals surface area contributed by atoms with Gasteiger partial charge >= 0.3 is 5.97 Å². The van der Waals surface area contributed by atoms with Gasteiger partial charge in [0.05, 0.1) is 5.56 Å². The lowest BCUT2D eigenvalue weighted by Gasteiger charge is -2.03. The molecule has 15 heavy (non-hydrogen) atoms. The first-order chi connectivity index (χ1) is 6.97. The van der Waals surface area contributed by atoms with Gasteiger partial charge in [-0.3, -0.25) is 0 Å². The molecule has 4 nitrogen and oxygen atoms in total. The summed E-state index contributed by atoms with van der Waals surface area (Å²) < 4.78 is 37.2. The fourth-order valence-corrected chi connectivity index (χ4v) is 0.910. The Morgan fingerprint density at radius 1 is 1.60 bits per heavy atom. The maximum Gasteiger partial charge on any atom is 0.340 e. The van der Waals surface area contributed by atoms with Crippen molar-refractivity contribution in [2.45, 2.75) is 6.43 Å². The molecule has 1 rings (SSSR count). The van der Waals surface area contributed by atoms with Crippen LogP contribution in [0, 0.1) is 17.3 Å². The summed E-state index contributed by atoms with van der Waals surface area (Å²) in [4.78, 5) is 13.1. The van der Waals surface area contributed by atoms with Gasteiger partial charge in [0.1, 0.15) is 17.3 Å². The Morgan fingerprint density at radius 3 is 2.60 bits per heavy atom. The van der Waals surface area contributed by atoms with Crippen molar-refractivity contribution in [2.24, 2.45) is 0 Å². The van der Waals surface area contributed by atoms with Gasteiger partial charge in [-0.1, -0.05) is 0 Å². The Bertz CT molecular complexity index is 454. The molecule has 0 aliphatic rings. The van der Waals surface area contributed by atoms with E-state index in [9.17, 15) is 18.0 Å². The maximum absolute atomic E-state index is 12.8. The third-order valence-electron chi connectivity index (χ3n) is 1.56. The highest BCUT2D eigenvalue weighted by Crippen LogP contribution is 2.22. The molecular weight excluding hydrogens is 213 g/mol. The van der Waals surface area contributed by atoms with Crippen molar-refractivity contribution in [1.29, 1.82) is 5.26 Å². The predicted molar refractivity (Wildman–Crippen MR) is 40.8 cm³/mol. The summed E-state index contributed by atoms with van der Waals surface area (Å²) in [6.07, 6.45) is -3.13. The molecule has 1 heterocycles. The van der Waals surface area contributed by atoms with Gasteiger partial charge in [-0.2, -0.15) is 9.65 Å². The molecule has 0 atom stereocenters. The second kappa shape index (κ2) is 3.96. The number of alkyl halides is 2. The van der Waals surface area contributed by atoms with Crippen LogP contribution in [-0.4, -0.2) is 16.1 Å². The van der Waals surface area contributed by atoms with Gasteiger partial charge in [0.2, 0.25) is 5.95 Å². The van der Waals surface area contributed by atoms with Crippen LogP contribution in [0.1, 0.15) is 28.0 Å². The van der Waals surface area contributed by atoms with Crippen LogP contribution in [0.3, 0.4) is 0 Å². The average molecular weight is 216 g/mol. The van der Waals surface area contributed by atoms with E-state index in [2.05, 4.69) is 4.98 Å². The quantitative estimate of drug-likeness (QED) is 0.764. The van der Waals surface area contributed by atoms with E-state index in [0.717, 1.165) is 0 Å². The molecule has 0 saturated carbocycles. The van der Waals surface area contributed by atoms with Crippen LogP contribution in [0.25, 0.3) is 0 Å². The highest BCUT2D eigenvalue weighted by molar-refractivity contribution is 5.88. The monoisotopic (exact) mass is 216 g/mol.